The molecule has 3 aliphatic carbocycles. The van der Waals surface area contributed by atoms with Crippen LogP contribution in [-0.2, 0) is 21.3 Å². The van der Waals surface area contributed by atoms with Crippen LogP contribution >= 0.6 is 0 Å². The van der Waals surface area contributed by atoms with E-state index in [2.05, 4.69) is 17.0 Å². The molecule has 2 spiro atoms. The molecule has 2 saturated carbocycles. The van der Waals surface area contributed by atoms with Crippen LogP contribution in [0.15, 0.2) is 12.1 Å². The normalized spacial score (nSPS) is 41.1. The molecule has 6 nitrogen and oxygen atoms in total. The van der Waals surface area contributed by atoms with E-state index in [0.29, 0.717) is 37.4 Å². The van der Waals surface area contributed by atoms with Crippen molar-refractivity contribution >= 4 is 0 Å². The Balaban J connectivity index is 1.46. The van der Waals surface area contributed by atoms with E-state index < -0.39 is 22.9 Å². The lowest BCUT2D eigenvalue weighted by atomic mass is 9.48. The minimum Gasteiger partial charge on any atom is -0.482 e. The molecule has 2 unspecified atom stereocenters. The maximum absolute atomic E-state index is 12.4. The zero-order chi connectivity index (χ0) is 19.4. The zero-order valence-electron chi connectivity index (χ0n) is 16.5. The fraction of sp³-hybridized carbons (Fsp3) is 0.696. The number of likely N-dealkylation sites (tertiary alicyclic amines) is 1. The molecule has 2 bridgehead atoms. The predicted octanol–water partition coefficient (Wildman–Crippen LogP) is 1.87. The van der Waals surface area contributed by atoms with Crippen LogP contribution in [-0.4, -0.2) is 59.8 Å². The molecule has 29 heavy (non-hydrogen) atoms. The molecule has 152 valence electrons. The van der Waals surface area contributed by atoms with Gasteiger partial charge in [0.05, 0.1) is 29.8 Å². The third kappa shape index (κ3) is 1.87. The maximum Gasteiger partial charge on any atom is 0.207 e. The van der Waals surface area contributed by atoms with Gasteiger partial charge < -0.3 is 19.3 Å². The summed E-state index contributed by atoms with van der Waals surface area (Å²) in [6.07, 6.45) is 5.16. The fourth-order valence-electron chi connectivity index (χ4n) is 7.31. The van der Waals surface area contributed by atoms with Crippen molar-refractivity contribution in [2.24, 2.45) is 5.92 Å². The largest absolute Gasteiger partial charge is 0.482 e. The number of nitrogens with zero attached hydrogens (tertiary/aromatic N) is 2. The number of ether oxygens (including phenoxy) is 3. The van der Waals surface area contributed by atoms with Gasteiger partial charge in [-0.05, 0) is 56.2 Å². The Morgan fingerprint density at radius 1 is 1.17 bits per heavy atom. The fourth-order valence-corrected chi connectivity index (χ4v) is 7.31. The highest BCUT2D eigenvalue weighted by Crippen LogP contribution is 2.67. The lowest BCUT2D eigenvalue weighted by molar-refractivity contribution is -0.296. The highest BCUT2D eigenvalue weighted by atomic mass is 16.8. The molecule has 6 heteroatoms. The lowest BCUT2D eigenvalue weighted by Crippen LogP contribution is -2.79. The van der Waals surface area contributed by atoms with Crippen molar-refractivity contribution < 1.29 is 19.3 Å². The van der Waals surface area contributed by atoms with E-state index in [1.807, 2.05) is 6.07 Å². The lowest BCUT2D eigenvalue weighted by Gasteiger charge is -2.65. The van der Waals surface area contributed by atoms with Crippen LogP contribution in [0.5, 0.6) is 5.75 Å². The molecule has 7 rings (SSSR count). The number of hydrogen-bond donors (Lipinski definition) is 1. The van der Waals surface area contributed by atoms with Gasteiger partial charge in [-0.2, -0.15) is 5.26 Å². The first-order valence-corrected chi connectivity index (χ1v) is 11.1. The molecule has 3 heterocycles. The SMILES string of the molecule is N#Cc1ccc2c3c1OC1C4(CCC5(O)[C@H](C2)N(CC2CC2)CC[C@@]315)OCCO4. The molecule has 1 N–H and O–H groups in total. The second-order valence-corrected chi connectivity index (χ2v) is 9.90. The Morgan fingerprint density at radius 2 is 2.00 bits per heavy atom. The summed E-state index contributed by atoms with van der Waals surface area (Å²) in [6, 6.07) is 6.38. The minimum absolute atomic E-state index is 0.0908. The van der Waals surface area contributed by atoms with Gasteiger partial charge in [0.15, 0.2) is 6.10 Å². The monoisotopic (exact) mass is 394 g/mol. The summed E-state index contributed by atoms with van der Waals surface area (Å²) in [4.78, 5) is 2.55. The predicted molar refractivity (Wildman–Crippen MR) is 102 cm³/mol. The number of fused-ring (bicyclic) bond motifs is 1. The van der Waals surface area contributed by atoms with Gasteiger partial charge in [0.25, 0.3) is 0 Å². The first-order valence-electron chi connectivity index (χ1n) is 11.1. The summed E-state index contributed by atoms with van der Waals surface area (Å²) in [5.41, 5.74) is 1.42. The van der Waals surface area contributed by atoms with Crippen LogP contribution in [0.25, 0.3) is 0 Å². The minimum atomic E-state index is -0.877. The van der Waals surface area contributed by atoms with Crippen molar-refractivity contribution in [3.63, 3.8) is 0 Å². The summed E-state index contributed by atoms with van der Waals surface area (Å²) >= 11 is 0. The summed E-state index contributed by atoms with van der Waals surface area (Å²) in [7, 11) is 0. The van der Waals surface area contributed by atoms with E-state index in [1.54, 1.807) is 0 Å². The van der Waals surface area contributed by atoms with Gasteiger partial charge in [0, 0.05) is 24.6 Å². The van der Waals surface area contributed by atoms with Crippen LogP contribution < -0.4 is 4.74 Å². The Labute approximate surface area is 170 Å². The maximum atomic E-state index is 12.4. The van der Waals surface area contributed by atoms with E-state index >= 15 is 0 Å². The molecule has 3 aliphatic heterocycles. The van der Waals surface area contributed by atoms with Gasteiger partial charge in [-0.15, -0.1) is 0 Å². The third-order valence-corrected chi connectivity index (χ3v) is 8.68. The first kappa shape index (κ1) is 17.1. The molecular formula is C23H26N2O4. The molecule has 6 aliphatic rings. The van der Waals surface area contributed by atoms with Crippen LogP contribution in [0.1, 0.15) is 48.8 Å². The highest BCUT2D eigenvalue weighted by Gasteiger charge is 2.77. The van der Waals surface area contributed by atoms with Gasteiger partial charge in [-0.3, -0.25) is 4.90 Å². The Kier molecular flexibility index (Phi) is 3.14. The van der Waals surface area contributed by atoms with Crippen LogP contribution in [0.4, 0.5) is 0 Å². The Bertz CT molecular complexity index is 947. The number of aliphatic hydroxyl groups is 1. The summed E-state index contributed by atoms with van der Waals surface area (Å²) in [5, 5.41) is 22.1. The molecule has 0 aromatic heterocycles. The number of nitriles is 1. The average molecular weight is 394 g/mol. The van der Waals surface area contributed by atoms with Crippen molar-refractivity contribution in [2.45, 2.75) is 67.5 Å². The highest BCUT2D eigenvalue weighted by molar-refractivity contribution is 5.63. The first-order chi connectivity index (χ1) is 14.1. The van der Waals surface area contributed by atoms with Crippen molar-refractivity contribution in [1.82, 2.24) is 4.90 Å². The van der Waals surface area contributed by atoms with Gasteiger partial charge >= 0.3 is 0 Å². The summed E-state index contributed by atoms with van der Waals surface area (Å²) in [6.45, 7) is 3.15. The van der Waals surface area contributed by atoms with Crippen LogP contribution in [0.3, 0.4) is 0 Å². The van der Waals surface area contributed by atoms with Gasteiger partial charge in [0.1, 0.15) is 11.8 Å². The molecule has 4 fully saturated rings. The molecular weight excluding hydrogens is 368 g/mol. The van der Waals surface area contributed by atoms with E-state index in [1.165, 1.54) is 18.4 Å². The molecule has 1 aromatic rings. The Morgan fingerprint density at radius 3 is 2.76 bits per heavy atom. The molecule has 4 atom stereocenters. The van der Waals surface area contributed by atoms with E-state index in [0.717, 1.165) is 37.4 Å². The van der Waals surface area contributed by atoms with Crippen molar-refractivity contribution in [3.8, 4) is 11.8 Å². The smallest absolute Gasteiger partial charge is 0.207 e. The number of hydrogen-bond acceptors (Lipinski definition) is 6. The summed E-state index contributed by atoms with van der Waals surface area (Å²) in [5.74, 6) is 0.649. The second-order valence-electron chi connectivity index (χ2n) is 9.90. The topological polar surface area (TPSA) is 75.0 Å². The van der Waals surface area contributed by atoms with Crippen molar-refractivity contribution in [3.05, 3.63) is 28.8 Å². The quantitative estimate of drug-likeness (QED) is 0.825. The zero-order valence-corrected chi connectivity index (χ0v) is 16.5. The van der Waals surface area contributed by atoms with E-state index in [4.69, 9.17) is 14.2 Å². The van der Waals surface area contributed by atoms with Crippen LogP contribution in [0, 0.1) is 17.2 Å². The molecule has 1 aromatic carbocycles. The number of rotatable bonds is 2. The molecule has 0 radical (unpaired) electrons. The van der Waals surface area contributed by atoms with Crippen molar-refractivity contribution in [1.29, 1.82) is 5.26 Å². The standard InChI is InChI=1S/C23H26N2O4/c24-12-16-4-3-15-11-17-22(26)5-6-23(27-9-10-28-23)20-21(22,18(15)19(16)29-20)7-8-25(17)13-14-1-2-14/h3-4,14,17,20,26H,1-2,5-11,13H2/t17-,20?,21+,22?/m0/s1. The van der Waals surface area contributed by atoms with Crippen molar-refractivity contribution in [2.75, 3.05) is 26.3 Å². The van der Waals surface area contributed by atoms with Gasteiger partial charge in [-0.1, -0.05) is 6.07 Å². The molecule has 2 saturated heterocycles. The number of benzene rings is 1. The van der Waals surface area contributed by atoms with Crippen LogP contribution in [0.2, 0.25) is 0 Å². The number of piperidine rings is 1. The average Bonchev–Trinajstić information content (AvgIpc) is 3.28. The summed E-state index contributed by atoms with van der Waals surface area (Å²) < 4.78 is 19.0. The second kappa shape index (κ2) is 5.33. The van der Waals surface area contributed by atoms with E-state index in [-0.39, 0.29) is 6.04 Å². The van der Waals surface area contributed by atoms with E-state index in [9.17, 15) is 10.4 Å². The third-order valence-electron chi connectivity index (χ3n) is 8.68. The molecule has 0 amide bonds. The van der Waals surface area contributed by atoms with Gasteiger partial charge in [-0.25, -0.2) is 0 Å². The van der Waals surface area contributed by atoms with Gasteiger partial charge in [0.2, 0.25) is 5.79 Å². The Hall–Kier alpha value is -1.65.